The smallest absolute Gasteiger partial charge is 0.410 e. The molecule has 40 heavy (non-hydrogen) atoms. The minimum absolute atomic E-state index is 0.267. The van der Waals surface area contributed by atoms with E-state index in [1.165, 1.54) is 12.1 Å². The molecule has 4 aromatic rings. The summed E-state index contributed by atoms with van der Waals surface area (Å²) in [6.07, 6.45) is -0.278. The van der Waals surface area contributed by atoms with Gasteiger partial charge in [0.25, 0.3) is 0 Å². The van der Waals surface area contributed by atoms with Gasteiger partial charge in [0.05, 0.1) is 5.69 Å². The quantitative estimate of drug-likeness (QED) is 0.274. The Labute approximate surface area is 238 Å². The Morgan fingerprint density at radius 3 is 2.40 bits per heavy atom. The molecule has 1 aliphatic rings. The van der Waals surface area contributed by atoms with Crippen molar-refractivity contribution in [2.24, 2.45) is 0 Å². The standard InChI is InChI=1S/C29H36FN7O2S/c1-7-36(27-31-22(18-40-27)20-9-11-21(30)12-10-20)26-25-24(33-37(26)8-2)19(3)17-23(32-25)34-13-15-35(16-14-34)28(38)39-29(4,5)6/h9-12,17-18H,7-8,13-16H2,1-6H3. The summed E-state index contributed by atoms with van der Waals surface area (Å²) >= 11 is 1.54. The van der Waals surface area contributed by atoms with Crippen LogP contribution in [0.15, 0.2) is 35.7 Å². The molecule has 0 spiro atoms. The molecule has 0 saturated carbocycles. The number of halogens is 1. The van der Waals surface area contributed by atoms with E-state index in [9.17, 15) is 9.18 Å². The van der Waals surface area contributed by atoms with Crippen molar-refractivity contribution in [1.82, 2.24) is 24.6 Å². The summed E-state index contributed by atoms with van der Waals surface area (Å²) in [7, 11) is 0. The monoisotopic (exact) mass is 565 g/mol. The number of pyridine rings is 1. The van der Waals surface area contributed by atoms with E-state index in [1.54, 1.807) is 28.4 Å². The molecule has 1 saturated heterocycles. The maximum absolute atomic E-state index is 13.5. The fourth-order valence-corrected chi connectivity index (χ4v) is 5.73. The number of thiazole rings is 1. The van der Waals surface area contributed by atoms with Crippen molar-refractivity contribution < 1.29 is 13.9 Å². The van der Waals surface area contributed by atoms with Crippen LogP contribution in [0.4, 0.5) is 26.0 Å². The fraction of sp³-hybridized carbons (Fsp3) is 0.448. The number of aryl methyl sites for hydroxylation is 2. The normalized spacial score (nSPS) is 14.2. The highest BCUT2D eigenvalue weighted by Gasteiger charge is 2.28. The van der Waals surface area contributed by atoms with Crippen molar-refractivity contribution >= 4 is 45.2 Å². The van der Waals surface area contributed by atoms with Gasteiger partial charge >= 0.3 is 6.09 Å². The van der Waals surface area contributed by atoms with Crippen LogP contribution in [-0.4, -0.2) is 69.1 Å². The van der Waals surface area contributed by atoms with Crippen molar-refractivity contribution in [3.05, 3.63) is 47.1 Å². The minimum Gasteiger partial charge on any atom is -0.444 e. The van der Waals surface area contributed by atoms with Crippen LogP contribution in [0.3, 0.4) is 0 Å². The van der Waals surface area contributed by atoms with Crippen LogP contribution in [0.5, 0.6) is 0 Å². The van der Waals surface area contributed by atoms with Gasteiger partial charge in [0.1, 0.15) is 28.3 Å². The lowest BCUT2D eigenvalue weighted by atomic mass is 10.2. The number of ether oxygens (including phenoxy) is 1. The third-order valence-corrected chi connectivity index (χ3v) is 7.70. The Morgan fingerprint density at radius 1 is 1.07 bits per heavy atom. The van der Waals surface area contributed by atoms with Crippen molar-refractivity contribution in [3.63, 3.8) is 0 Å². The molecule has 0 N–H and O–H groups in total. The van der Waals surface area contributed by atoms with E-state index in [0.717, 1.165) is 44.6 Å². The summed E-state index contributed by atoms with van der Waals surface area (Å²) in [4.78, 5) is 28.7. The van der Waals surface area contributed by atoms with Crippen LogP contribution < -0.4 is 9.80 Å². The van der Waals surface area contributed by atoms with Gasteiger partial charge in [-0.05, 0) is 77.4 Å². The first-order valence-electron chi connectivity index (χ1n) is 13.7. The van der Waals surface area contributed by atoms with E-state index in [-0.39, 0.29) is 11.9 Å². The molecule has 1 amide bonds. The molecular formula is C29H36FN7O2S. The van der Waals surface area contributed by atoms with Gasteiger partial charge in [0.15, 0.2) is 10.9 Å². The van der Waals surface area contributed by atoms with E-state index in [0.29, 0.717) is 39.3 Å². The van der Waals surface area contributed by atoms with Crippen LogP contribution in [0.1, 0.15) is 40.2 Å². The first-order valence-corrected chi connectivity index (χ1v) is 14.6. The van der Waals surface area contributed by atoms with Crippen molar-refractivity contribution in [2.45, 2.75) is 53.7 Å². The highest BCUT2D eigenvalue weighted by Crippen LogP contribution is 2.37. The minimum atomic E-state index is -0.518. The molecule has 0 radical (unpaired) electrons. The molecule has 9 nitrogen and oxygen atoms in total. The number of aromatic nitrogens is 4. The molecule has 0 atom stereocenters. The lowest BCUT2D eigenvalue weighted by Crippen LogP contribution is -2.50. The third kappa shape index (κ3) is 5.60. The van der Waals surface area contributed by atoms with Crippen molar-refractivity contribution in [2.75, 3.05) is 42.5 Å². The summed E-state index contributed by atoms with van der Waals surface area (Å²) in [5.41, 5.74) is 3.89. The zero-order valence-corrected chi connectivity index (χ0v) is 24.8. The zero-order chi connectivity index (χ0) is 28.6. The molecule has 1 fully saturated rings. The van der Waals surface area contributed by atoms with Gasteiger partial charge in [-0.3, -0.25) is 0 Å². The molecule has 0 unspecified atom stereocenters. The van der Waals surface area contributed by atoms with Crippen LogP contribution in [0, 0.1) is 12.7 Å². The van der Waals surface area contributed by atoms with E-state index >= 15 is 0 Å². The number of rotatable bonds is 6. The molecular weight excluding hydrogens is 529 g/mol. The molecule has 1 aromatic carbocycles. The number of amides is 1. The lowest BCUT2D eigenvalue weighted by molar-refractivity contribution is 0.0240. The van der Waals surface area contributed by atoms with Gasteiger partial charge < -0.3 is 19.4 Å². The molecule has 4 heterocycles. The first kappa shape index (κ1) is 27.8. The van der Waals surface area contributed by atoms with Gasteiger partial charge in [-0.1, -0.05) is 0 Å². The predicted octanol–water partition coefficient (Wildman–Crippen LogP) is 6.24. The Morgan fingerprint density at radius 2 is 1.77 bits per heavy atom. The number of hydrogen-bond donors (Lipinski definition) is 0. The lowest BCUT2D eigenvalue weighted by Gasteiger charge is -2.36. The number of hydrogen-bond acceptors (Lipinski definition) is 8. The summed E-state index contributed by atoms with van der Waals surface area (Å²) < 4.78 is 21.0. The number of carbonyl (C=O) groups is 1. The van der Waals surface area contributed by atoms with E-state index in [4.69, 9.17) is 19.8 Å². The SMILES string of the molecule is CCN(c1nc(-c2ccc(F)cc2)cs1)c1c2nc(N3CCN(C(=O)OC(C)(C)C)CC3)cc(C)c2nn1CC. The van der Waals surface area contributed by atoms with Crippen LogP contribution >= 0.6 is 11.3 Å². The average molecular weight is 566 g/mol. The van der Waals surface area contributed by atoms with Gasteiger partial charge in [-0.15, -0.1) is 11.3 Å². The predicted molar refractivity (Wildman–Crippen MR) is 158 cm³/mol. The number of benzene rings is 1. The zero-order valence-electron chi connectivity index (χ0n) is 23.9. The van der Waals surface area contributed by atoms with E-state index in [1.807, 2.05) is 30.8 Å². The highest BCUT2D eigenvalue weighted by molar-refractivity contribution is 7.14. The number of nitrogens with zero attached hydrogens (tertiary/aromatic N) is 7. The molecule has 5 rings (SSSR count). The Kier molecular flexibility index (Phi) is 7.67. The maximum Gasteiger partial charge on any atom is 0.410 e. The molecule has 3 aromatic heterocycles. The van der Waals surface area contributed by atoms with E-state index in [2.05, 4.69) is 36.6 Å². The second-order valence-electron chi connectivity index (χ2n) is 10.9. The van der Waals surface area contributed by atoms with Gasteiger partial charge in [0, 0.05) is 50.2 Å². The average Bonchev–Trinajstić information content (AvgIpc) is 3.55. The second-order valence-corrected chi connectivity index (χ2v) is 11.7. The van der Waals surface area contributed by atoms with Gasteiger partial charge in [-0.2, -0.15) is 5.10 Å². The van der Waals surface area contributed by atoms with Gasteiger partial charge in [0.2, 0.25) is 0 Å². The number of piperazine rings is 1. The topological polar surface area (TPSA) is 79.6 Å². The van der Waals surface area contributed by atoms with Gasteiger partial charge in [-0.25, -0.2) is 23.8 Å². The van der Waals surface area contributed by atoms with Crippen LogP contribution in [-0.2, 0) is 11.3 Å². The summed E-state index contributed by atoms with van der Waals surface area (Å²) in [5.74, 6) is 1.50. The second kappa shape index (κ2) is 11.0. The maximum atomic E-state index is 13.5. The third-order valence-electron chi connectivity index (χ3n) is 6.84. The summed E-state index contributed by atoms with van der Waals surface area (Å²) in [5, 5.41) is 7.74. The molecule has 0 aliphatic carbocycles. The van der Waals surface area contributed by atoms with E-state index < -0.39 is 5.60 Å². The summed E-state index contributed by atoms with van der Waals surface area (Å²) in [6, 6.07) is 8.47. The Hall–Kier alpha value is -3.73. The summed E-state index contributed by atoms with van der Waals surface area (Å²) in [6.45, 7) is 15.7. The fourth-order valence-electron chi connectivity index (χ4n) is 4.83. The molecule has 212 valence electrons. The first-order chi connectivity index (χ1) is 19.1. The number of anilines is 3. The van der Waals surface area contributed by atoms with Crippen LogP contribution in [0.25, 0.3) is 22.3 Å². The van der Waals surface area contributed by atoms with Crippen LogP contribution in [0.2, 0.25) is 0 Å². The Balaban J connectivity index is 1.45. The molecule has 11 heteroatoms. The Bertz CT molecular complexity index is 1500. The van der Waals surface area contributed by atoms with Crippen molar-refractivity contribution in [1.29, 1.82) is 0 Å². The van der Waals surface area contributed by atoms with Crippen molar-refractivity contribution in [3.8, 4) is 11.3 Å². The number of carbonyl (C=O) groups excluding carboxylic acids is 1. The number of fused-ring (bicyclic) bond motifs is 1. The molecule has 0 bridgehead atoms. The molecule has 1 aliphatic heterocycles. The largest absolute Gasteiger partial charge is 0.444 e. The highest BCUT2D eigenvalue weighted by atomic mass is 32.1.